The Labute approximate surface area is 191 Å². The topological polar surface area (TPSA) is 73.1 Å². The lowest BCUT2D eigenvalue weighted by Crippen LogP contribution is -2.60. The molecule has 5 unspecified atom stereocenters. The van der Waals surface area contributed by atoms with E-state index in [1.807, 2.05) is 0 Å². The fraction of sp³-hybridized carbons (Fsp3) is 0.391. The van der Waals surface area contributed by atoms with Gasteiger partial charge in [-0.2, -0.15) is 28.2 Å². The number of para-hydroxylation sites is 1. The van der Waals surface area contributed by atoms with E-state index < -0.39 is 30.6 Å². The minimum Gasteiger partial charge on any atom is -0.472 e. The Morgan fingerprint density at radius 3 is 2.56 bits per heavy atom. The zero-order valence-corrected chi connectivity index (χ0v) is 17.7. The number of hydrogen-bond donors (Lipinski definition) is 0. The summed E-state index contributed by atoms with van der Waals surface area (Å²) in [6.45, 7) is -0.678. The number of nitrogens with zero attached hydrogens (tertiary/aromatic N) is 5. The van der Waals surface area contributed by atoms with Crippen LogP contribution in [0.5, 0.6) is 5.88 Å². The van der Waals surface area contributed by atoms with Gasteiger partial charge in [0.2, 0.25) is 5.88 Å². The summed E-state index contributed by atoms with van der Waals surface area (Å²) < 4.78 is 58.6. The zero-order valence-electron chi connectivity index (χ0n) is 17.7. The number of pyridine rings is 1. The number of amides is 1. The molecule has 7 nitrogen and oxygen atoms in total. The number of carbonyl (C=O) groups excluding carboxylic acids is 1. The Morgan fingerprint density at radius 1 is 1.12 bits per heavy atom. The number of likely N-dealkylation sites (tertiary alicyclic amines) is 1. The van der Waals surface area contributed by atoms with E-state index in [4.69, 9.17) is 4.74 Å². The molecule has 1 spiro atoms. The largest absolute Gasteiger partial charge is 0.472 e. The Balaban J connectivity index is 1.29. The van der Waals surface area contributed by atoms with Crippen molar-refractivity contribution in [1.82, 2.24) is 24.9 Å². The number of rotatable bonds is 5. The number of ether oxygens (including phenoxy) is 1. The van der Waals surface area contributed by atoms with Gasteiger partial charge in [0.1, 0.15) is 12.8 Å². The monoisotopic (exact) mass is 473 g/mol. The van der Waals surface area contributed by atoms with Crippen LogP contribution in [0.15, 0.2) is 55.0 Å². The van der Waals surface area contributed by atoms with Gasteiger partial charge in [-0.25, -0.2) is 9.37 Å². The predicted molar refractivity (Wildman–Crippen MR) is 110 cm³/mol. The van der Waals surface area contributed by atoms with Crippen LogP contribution in [0.4, 0.5) is 17.6 Å². The van der Waals surface area contributed by atoms with Gasteiger partial charge in [-0.3, -0.25) is 4.79 Å². The molecule has 3 heterocycles. The number of aromatic nitrogens is 4. The predicted octanol–water partition coefficient (Wildman–Crippen LogP) is 3.70. The Hall–Kier alpha value is -3.50. The van der Waals surface area contributed by atoms with Crippen molar-refractivity contribution < 1.29 is 27.1 Å². The minimum atomic E-state index is -4.49. The normalized spacial score (nSPS) is 29.2. The second kappa shape index (κ2) is 7.25. The van der Waals surface area contributed by atoms with Gasteiger partial charge in [0.25, 0.3) is 5.91 Å². The molecule has 3 aliphatic rings. The van der Waals surface area contributed by atoms with Crippen molar-refractivity contribution >= 4 is 5.91 Å². The molecule has 2 saturated carbocycles. The van der Waals surface area contributed by atoms with Crippen LogP contribution in [0.1, 0.15) is 28.8 Å². The average Bonchev–Trinajstić information content (AvgIpc) is 3.23. The molecule has 1 aromatic carbocycles. The molecule has 0 N–H and O–H groups in total. The third kappa shape index (κ3) is 3.02. The number of hydrogen-bond acceptors (Lipinski definition) is 5. The second-order valence-electron chi connectivity index (χ2n) is 9.00. The fourth-order valence-corrected chi connectivity index (χ4v) is 5.76. The first kappa shape index (κ1) is 21.1. The Bertz CT molecular complexity index is 1230. The molecule has 11 heteroatoms. The van der Waals surface area contributed by atoms with Gasteiger partial charge in [0.05, 0.1) is 41.3 Å². The van der Waals surface area contributed by atoms with E-state index in [1.165, 1.54) is 23.3 Å². The van der Waals surface area contributed by atoms with Crippen molar-refractivity contribution in [2.24, 2.45) is 11.3 Å². The highest BCUT2D eigenvalue weighted by molar-refractivity contribution is 5.98. The Morgan fingerprint density at radius 2 is 1.88 bits per heavy atom. The summed E-state index contributed by atoms with van der Waals surface area (Å²) in [5.41, 5.74) is -0.258. The van der Waals surface area contributed by atoms with Crippen LogP contribution in [-0.2, 0) is 6.18 Å². The summed E-state index contributed by atoms with van der Waals surface area (Å²) in [6.07, 6.45) is 0.153. The number of halogens is 4. The smallest absolute Gasteiger partial charge is 0.417 e. The van der Waals surface area contributed by atoms with Crippen LogP contribution in [0, 0.1) is 11.3 Å². The van der Waals surface area contributed by atoms with Crippen molar-refractivity contribution in [3.8, 4) is 11.6 Å². The van der Waals surface area contributed by atoms with E-state index in [-0.39, 0.29) is 29.2 Å². The second-order valence-corrected chi connectivity index (χ2v) is 9.00. The number of alkyl halides is 4. The fourth-order valence-electron chi connectivity index (χ4n) is 5.76. The van der Waals surface area contributed by atoms with Crippen molar-refractivity contribution in [3.05, 3.63) is 66.1 Å². The van der Waals surface area contributed by atoms with Crippen LogP contribution in [0.3, 0.4) is 0 Å². The van der Waals surface area contributed by atoms with Crippen molar-refractivity contribution in [3.63, 3.8) is 0 Å². The van der Waals surface area contributed by atoms with E-state index in [9.17, 15) is 22.4 Å². The highest BCUT2D eigenvalue weighted by atomic mass is 19.4. The van der Waals surface area contributed by atoms with E-state index >= 15 is 0 Å². The summed E-state index contributed by atoms with van der Waals surface area (Å²) in [6, 6.07) is 7.97. The third-order valence-electron chi connectivity index (χ3n) is 7.32. The standard InChI is InChI=1S/C23H19F4N5O2/c24-11-17-15-9-22(15)10-18(34-19-6-5-13(12-28-19)23(25,26)27)20(22)31(17)21(33)14-3-1-2-4-16(14)32-29-7-8-30-32/h1-8,12,15,17-18,20H,9-11H2. The summed E-state index contributed by atoms with van der Waals surface area (Å²) in [5.74, 6) is -0.259. The van der Waals surface area contributed by atoms with E-state index in [0.717, 1.165) is 18.7 Å². The molecule has 1 amide bonds. The van der Waals surface area contributed by atoms with Gasteiger partial charge in [0, 0.05) is 17.7 Å². The number of carbonyl (C=O) groups is 1. The summed E-state index contributed by atoms with van der Waals surface area (Å²) >= 11 is 0. The Kier molecular flexibility index (Phi) is 4.49. The van der Waals surface area contributed by atoms with Crippen LogP contribution in [-0.4, -0.2) is 55.6 Å². The lowest BCUT2D eigenvalue weighted by atomic mass is 9.73. The first-order valence-corrected chi connectivity index (χ1v) is 10.9. The first-order valence-electron chi connectivity index (χ1n) is 10.9. The SMILES string of the molecule is O=C(c1ccccc1-n1nccn1)N1C(CF)C2CC23CC(Oc2ccc(C(F)(F)F)cn2)C13. The van der Waals surface area contributed by atoms with Crippen molar-refractivity contribution in [2.75, 3.05) is 6.67 Å². The van der Waals surface area contributed by atoms with Crippen LogP contribution >= 0.6 is 0 Å². The molecule has 1 saturated heterocycles. The molecule has 34 heavy (non-hydrogen) atoms. The lowest BCUT2D eigenvalue weighted by molar-refractivity contribution is -0.137. The summed E-state index contributed by atoms with van der Waals surface area (Å²) in [7, 11) is 0. The molecule has 0 bridgehead atoms. The molecule has 3 aromatic rings. The maximum atomic E-state index is 14.2. The van der Waals surface area contributed by atoms with Gasteiger partial charge in [-0.15, -0.1) is 0 Å². The molecule has 5 atom stereocenters. The van der Waals surface area contributed by atoms with E-state index in [0.29, 0.717) is 17.7 Å². The van der Waals surface area contributed by atoms with Crippen LogP contribution in [0.25, 0.3) is 5.69 Å². The van der Waals surface area contributed by atoms with E-state index in [1.54, 1.807) is 29.2 Å². The molecule has 1 aliphatic heterocycles. The zero-order chi connectivity index (χ0) is 23.7. The summed E-state index contributed by atoms with van der Waals surface area (Å²) in [4.78, 5) is 20.4. The van der Waals surface area contributed by atoms with Gasteiger partial charge in [0.15, 0.2) is 0 Å². The minimum absolute atomic E-state index is 0.0434. The quantitative estimate of drug-likeness (QED) is 0.529. The maximum Gasteiger partial charge on any atom is 0.417 e. The molecular weight excluding hydrogens is 454 g/mol. The molecule has 2 aliphatic carbocycles. The molecule has 3 fully saturated rings. The van der Waals surface area contributed by atoms with Gasteiger partial charge in [-0.1, -0.05) is 12.1 Å². The van der Waals surface area contributed by atoms with Gasteiger partial charge < -0.3 is 9.64 Å². The lowest BCUT2D eigenvalue weighted by Gasteiger charge is -2.47. The molecule has 176 valence electrons. The molecule has 0 radical (unpaired) electrons. The number of benzene rings is 1. The van der Waals surface area contributed by atoms with E-state index in [2.05, 4.69) is 15.2 Å². The maximum absolute atomic E-state index is 14.2. The van der Waals surface area contributed by atoms with Crippen LogP contribution in [0.2, 0.25) is 0 Å². The highest BCUT2D eigenvalue weighted by Crippen LogP contribution is 2.74. The van der Waals surface area contributed by atoms with Gasteiger partial charge in [-0.05, 0) is 37.0 Å². The van der Waals surface area contributed by atoms with Crippen LogP contribution < -0.4 is 4.74 Å². The average molecular weight is 473 g/mol. The molecule has 2 aromatic heterocycles. The van der Waals surface area contributed by atoms with Crippen molar-refractivity contribution in [2.45, 2.75) is 37.2 Å². The first-order chi connectivity index (χ1) is 16.3. The van der Waals surface area contributed by atoms with Crippen molar-refractivity contribution in [1.29, 1.82) is 0 Å². The highest BCUT2D eigenvalue weighted by Gasteiger charge is 2.79. The van der Waals surface area contributed by atoms with Gasteiger partial charge >= 0.3 is 6.18 Å². The number of piperidine rings is 1. The molecule has 6 rings (SSSR count). The third-order valence-corrected chi connectivity index (χ3v) is 7.32. The molecular formula is C23H19F4N5O2. The summed E-state index contributed by atoms with van der Waals surface area (Å²) in [5, 5.41) is 8.22.